The molecule has 0 aliphatic rings. The maximum Gasteiger partial charge on any atom is 0.269 e. The van der Waals surface area contributed by atoms with E-state index in [-0.39, 0.29) is 28.5 Å². The van der Waals surface area contributed by atoms with E-state index in [1.165, 1.54) is 28.2 Å². The number of amides is 1. The highest BCUT2D eigenvalue weighted by atomic mass is 32.2. The fourth-order valence-corrected chi connectivity index (χ4v) is 4.02. The van der Waals surface area contributed by atoms with Gasteiger partial charge in [0.15, 0.2) is 21.3 Å². The third-order valence-corrected chi connectivity index (χ3v) is 5.79. The number of ketones is 1. The van der Waals surface area contributed by atoms with E-state index in [2.05, 4.69) is 10.1 Å². The molecule has 3 rings (SSSR count). The first-order chi connectivity index (χ1) is 12.6. The van der Waals surface area contributed by atoms with E-state index in [1.54, 1.807) is 30.8 Å². The lowest BCUT2D eigenvalue weighted by Crippen LogP contribution is -2.15. The summed E-state index contributed by atoms with van der Waals surface area (Å²) in [5.74, 6) is -0.984. The molecular formula is C17H16N4O4S2. The van der Waals surface area contributed by atoms with Gasteiger partial charge in [0.2, 0.25) is 0 Å². The second kappa shape index (κ2) is 7.05. The molecule has 0 aliphatic carbocycles. The topological polar surface area (TPSA) is 125 Å². The Morgan fingerprint density at radius 1 is 1.30 bits per heavy atom. The number of aryl methyl sites for hydroxylation is 1. The predicted molar refractivity (Wildman–Crippen MR) is 100 cm³/mol. The zero-order valence-electron chi connectivity index (χ0n) is 14.5. The average molecular weight is 404 g/mol. The van der Waals surface area contributed by atoms with Crippen LogP contribution in [-0.4, -0.2) is 41.1 Å². The van der Waals surface area contributed by atoms with Crippen molar-refractivity contribution in [2.24, 2.45) is 12.8 Å². The number of hydrogen-bond donors (Lipinski definition) is 1. The van der Waals surface area contributed by atoms with Gasteiger partial charge in [-0.3, -0.25) is 14.3 Å². The number of benzene rings is 1. The van der Waals surface area contributed by atoms with Crippen molar-refractivity contribution in [3.63, 3.8) is 0 Å². The Kier molecular flexibility index (Phi) is 4.94. The Morgan fingerprint density at radius 3 is 2.70 bits per heavy atom. The second-order valence-corrected chi connectivity index (χ2v) is 8.85. The van der Waals surface area contributed by atoms with Crippen LogP contribution in [0.1, 0.15) is 26.5 Å². The van der Waals surface area contributed by atoms with Crippen molar-refractivity contribution in [1.82, 2.24) is 14.8 Å². The van der Waals surface area contributed by atoms with Gasteiger partial charge in [-0.15, -0.1) is 11.3 Å². The highest BCUT2D eigenvalue weighted by Crippen LogP contribution is 2.26. The van der Waals surface area contributed by atoms with Crippen molar-refractivity contribution >= 4 is 32.9 Å². The summed E-state index contributed by atoms with van der Waals surface area (Å²) in [6.45, 7) is 0. The average Bonchev–Trinajstić information content (AvgIpc) is 3.21. The summed E-state index contributed by atoms with van der Waals surface area (Å²) in [5.41, 5.74) is 6.62. The van der Waals surface area contributed by atoms with Gasteiger partial charge in [-0.25, -0.2) is 13.4 Å². The molecule has 2 heterocycles. The van der Waals surface area contributed by atoms with Gasteiger partial charge < -0.3 is 5.73 Å². The van der Waals surface area contributed by atoms with Crippen molar-refractivity contribution in [1.29, 1.82) is 0 Å². The first kappa shape index (κ1) is 18.9. The van der Waals surface area contributed by atoms with Crippen LogP contribution in [0.2, 0.25) is 0 Å². The number of sulfone groups is 1. The minimum absolute atomic E-state index is 0.0569. The maximum atomic E-state index is 12.5. The zero-order valence-corrected chi connectivity index (χ0v) is 16.2. The van der Waals surface area contributed by atoms with Gasteiger partial charge >= 0.3 is 0 Å². The number of nitrogens with two attached hydrogens (primary N) is 1. The molecule has 0 bridgehead atoms. The summed E-state index contributed by atoms with van der Waals surface area (Å²) in [6, 6.07) is 6.39. The van der Waals surface area contributed by atoms with Gasteiger partial charge in [-0.1, -0.05) is 12.1 Å². The van der Waals surface area contributed by atoms with Crippen molar-refractivity contribution in [2.45, 2.75) is 11.3 Å². The Labute approximate surface area is 159 Å². The van der Waals surface area contributed by atoms with Gasteiger partial charge in [0.1, 0.15) is 10.7 Å². The molecule has 0 saturated heterocycles. The molecule has 0 radical (unpaired) electrons. The van der Waals surface area contributed by atoms with Crippen molar-refractivity contribution in [3.8, 4) is 10.6 Å². The zero-order chi connectivity index (χ0) is 19.8. The minimum Gasteiger partial charge on any atom is -0.364 e. The fraction of sp³-hybridized carbons (Fsp3) is 0.176. The molecule has 2 aromatic heterocycles. The SMILES string of the molecule is Cn1cc(CC(=O)c2csc(-c3cccc(S(C)(=O)=O)c3)n2)c(C(N)=O)n1. The Morgan fingerprint density at radius 2 is 2.04 bits per heavy atom. The van der Waals surface area contributed by atoms with Gasteiger partial charge in [-0.2, -0.15) is 5.10 Å². The quantitative estimate of drug-likeness (QED) is 0.620. The molecule has 10 heteroatoms. The maximum absolute atomic E-state index is 12.5. The number of carbonyl (C=O) groups is 2. The Bertz CT molecular complexity index is 1150. The number of thiazole rings is 1. The van der Waals surface area contributed by atoms with Crippen LogP contribution < -0.4 is 5.73 Å². The lowest BCUT2D eigenvalue weighted by Gasteiger charge is -2.01. The number of aromatic nitrogens is 3. The van der Waals surface area contributed by atoms with Crippen LogP contribution in [0.15, 0.2) is 40.7 Å². The molecule has 0 saturated carbocycles. The van der Waals surface area contributed by atoms with Crippen LogP contribution in [0.5, 0.6) is 0 Å². The number of Topliss-reactive ketones (excluding diaryl/α,β-unsaturated/α-hetero) is 1. The highest BCUT2D eigenvalue weighted by molar-refractivity contribution is 7.90. The molecule has 2 N–H and O–H groups in total. The van der Waals surface area contributed by atoms with E-state index in [4.69, 9.17) is 5.73 Å². The summed E-state index contributed by atoms with van der Waals surface area (Å²) < 4.78 is 24.8. The van der Waals surface area contributed by atoms with Crippen LogP contribution in [-0.2, 0) is 23.3 Å². The third kappa shape index (κ3) is 4.12. The molecule has 27 heavy (non-hydrogen) atoms. The molecular weight excluding hydrogens is 388 g/mol. The second-order valence-electron chi connectivity index (χ2n) is 5.98. The van der Waals surface area contributed by atoms with Crippen molar-refractivity contribution < 1.29 is 18.0 Å². The van der Waals surface area contributed by atoms with Crippen LogP contribution in [0.3, 0.4) is 0 Å². The molecule has 0 unspecified atom stereocenters. The van der Waals surface area contributed by atoms with E-state index in [1.807, 2.05) is 0 Å². The first-order valence-electron chi connectivity index (χ1n) is 7.76. The molecule has 140 valence electrons. The summed E-state index contributed by atoms with van der Waals surface area (Å²) in [4.78, 5) is 28.5. The lowest BCUT2D eigenvalue weighted by atomic mass is 10.1. The molecule has 8 nitrogen and oxygen atoms in total. The smallest absolute Gasteiger partial charge is 0.269 e. The minimum atomic E-state index is -3.34. The lowest BCUT2D eigenvalue weighted by molar-refractivity contribution is 0.0987. The third-order valence-electron chi connectivity index (χ3n) is 3.79. The normalized spacial score (nSPS) is 11.5. The molecule has 1 amide bonds. The largest absolute Gasteiger partial charge is 0.364 e. The number of primary amides is 1. The first-order valence-corrected chi connectivity index (χ1v) is 10.5. The number of hydrogen-bond acceptors (Lipinski definition) is 7. The van der Waals surface area contributed by atoms with Crippen LogP contribution in [0.25, 0.3) is 10.6 Å². The molecule has 0 spiro atoms. The number of carbonyl (C=O) groups excluding carboxylic acids is 2. The van der Waals surface area contributed by atoms with Crippen LogP contribution >= 0.6 is 11.3 Å². The van der Waals surface area contributed by atoms with Crippen LogP contribution in [0, 0.1) is 0 Å². The van der Waals surface area contributed by atoms with Gasteiger partial charge in [-0.05, 0) is 12.1 Å². The molecule has 0 atom stereocenters. The summed E-state index contributed by atoms with van der Waals surface area (Å²) in [7, 11) is -1.70. The fourth-order valence-electron chi connectivity index (χ4n) is 2.53. The van der Waals surface area contributed by atoms with Crippen molar-refractivity contribution in [2.75, 3.05) is 6.26 Å². The van der Waals surface area contributed by atoms with E-state index < -0.39 is 15.7 Å². The standard InChI is InChI=1S/C17H16N4O4S2/c1-21-8-11(15(20-21)16(18)23)7-14(22)13-9-26-17(19-13)10-4-3-5-12(6-10)27(2,24)25/h3-6,8-9H,7H2,1-2H3,(H2,18,23). The molecule has 0 aliphatic heterocycles. The van der Waals surface area contributed by atoms with Gasteiger partial charge in [0.05, 0.1) is 4.90 Å². The summed E-state index contributed by atoms with van der Waals surface area (Å²) >= 11 is 1.24. The van der Waals surface area contributed by atoms with E-state index >= 15 is 0 Å². The monoisotopic (exact) mass is 404 g/mol. The molecule has 0 fully saturated rings. The highest BCUT2D eigenvalue weighted by Gasteiger charge is 2.19. The molecule has 3 aromatic rings. The number of rotatable bonds is 6. The Balaban J connectivity index is 1.86. The summed E-state index contributed by atoms with van der Waals surface area (Å²) in [6.07, 6.45) is 2.65. The van der Waals surface area contributed by atoms with E-state index in [0.717, 1.165) is 6.26 Å². The summed E-state index contributed by atoms with van der Waals surface area (Å²) in [5, 5.41) is 6.09. The molecule has 1 aromatic carbocycles. The van der Waals surface area contributed by atoms with Crippen molar-refractivity contribution in [3.05, 3.63) is 52.8 Å². The van der Waals surface area contributed by atoms with Crippen LogP contribution in [0.4, 0.5) is 0 Å². The number of nitrogens with zero attached hydrogens (tertiary/aromatic N) is 3. The predicted octanol–water partition coefficient (Wildman–Crippen LogP) is 1.47. The Hall–Kier alpha value is -2.85. The van der Waals surface area contributed by atoms with Gasteiger partial charge in [0, 0.05) is 42.4 Å². The van der Waals surface area contributed by atoms with Gasteiger partial charge in [0.25, 0.3) is 5.91 Å². The van der Waals surface area contributed by atoms with E-state index in [0.29, 0.717) is 16.1 Å². The van der Waals surface area contributed by atoms with E-state index in [9.17, 15) is 18.0 Å².